The number of nitrogens with one attached hydrogen (secondary N) is 2. The van der Waals surface area contributed by atoms with Crippen molar-refractivity contribution in [2.45, 2.75) is 52.4 Å². The molecule has 0 amide bonds. The van der Waals surface area contributed by atoms with E-state index in [1.165, 1.54) is 51.9 Å². The van der Waals surface area contributed by atoms with Crippen molar-refractivity contribution in [2.24, 2.45) is 7.05 Å². The molecule has 2 aromatic heterocycles. The summed E-state index contributed by atoms with van der Waals surface area (Å²) in [5.41, 5.74) is 4.95. The second-order valence-electron chi connectivity index (χ2n) is 13.3. The number of rotatable bonds is 15. The first-order chi connectivity index (χ1) is 23.4. The van der Waals surface area contributed by atoms with E-state index in [4.69, 9.17) is 4.42 Å². The predicted molar refractivity (Wildman–Crippen MR) is 198 cm³/mol. The quantitative estimate of drug-likeness (QED) is 0.0826. The number of hydrogen-bond donors (Lipinski definition) is 2. The van der Waals surface area contributed by atoms with Crippen LogP contribution >= 0.6 is 0 Å². The molecule has 4 aromatic rings. The zero-order chi connectivity index (χ0) is 33.5. The molecule has 2 fully saturated rings. The Morgan fingerprint density at radius 1 is 0.857 bits per heavy atom. The molecule has 0 aliphatic carbocycles. The van der Waals surface area contributed by atoms with Crippen LogP contribution in [0.5, 0.6) is 0 Å². The molecule has 6 rings (SSSR count). The lowest BCUT2D eigenvalue weighted by Crippen LogP contribution is -3.00. The molecule has 2 aliphatic heterocycles. The number of hydrogen-bond acceptors (Lipinski definition) is 7. The summed E-state index contributed by atoms with van der Waals surface area (Å²) in [6.45, 7) is 14.3. The first kappa shape index (κ1) is 37.0. The van der Waals surface area contributed by atoms with Gasteiger partial charge in [0, 0.05) is 61.5 Å². The molecule has 4 heterocycles. The fraction of sp³-hybridized carbons (Fsp3) is 0.487. The number of anilines is 3. The number of aromatic nitrogens is 1. The van der Waals surface area contributed by atoms with Crippen LogP contribution in [0.25, 0.3) is 34.0 Å². The largest absolute Gasteiger partial charge is 1.00 e. The number of fused-ring (bicyclic) bond motifs is 2. The van der Waals surface area contributed by atoms with E-state index in [2.05, 4.69) is 55.9 Å². The van der Waals surface area contributed by atoms with Crippen LogP contribution in [0.2, 0.25) is 0 Å². The lowest BCUT2D eigenvalue weighted by atomic mass is 10.1. The molecule has 0 radical (unpaired) electrons. The second-order valence-corrected chi connectivity index (χ2v) is 13.3. The average Bonchev–Trinajstić information content (AvgIpc) is 3.81. The molecule has 2 aromatic carbocycles. The van der Waals surface area contributed by atoms with Crippen LogP contribution in [0.15, 0.2) is 51.7 Å². The Labute approximate surface area is 307 Å². The molecular weight excluding hydrogens is 730 g/mol. The van der Waals surface area contributed by atoms with E-state index in [9.17, 15) is 4.79 Å². The van der Waals surface area contributed by atoms with Crippen molar-refractivity contribution in [3.05, 3.63) is 70.0 Å². The van der Waals surface area contributed by atoms with E-state index in [1.807, 2.05) is 43.5 Å². The third kappa shape index (κ3) is 9.12. The highest BCUT2D eigenvalue weighted by Gasteiger charge is 2.20. The van der Waals surface area contributed by atoms with Crippen molar-refractivity contribution in [1.29, 1.82) is 0 Å². The molecule has 0 saturated carbocycles. The Morgan fingerprint density at radius 3 is 2.12 bits per heavy atom. The van der Waals surface area contributed by atoms with Gasteiger partial charge < -0.3 is 53.7 Å². The molecule has 0 unspecified atom stereocenters. The van der Waals surface area contributed by atoms with Crippen molar-refractivity contribution in [3.63, 3.8) is 0 Å². The lowest BCUT2D eigenvalue weighted by Gasteiger charge is -2.20. The summed E-state index contributed by atoms with van der Waals surface area (Å²) < 4.78 is 23.4. The fourth-order valence-electron chi connectivity index (χ4n) is 7.21. The minimum absolute atomic E-state index is 0. The van der Waals surface area contributed by atoms with Gasteiger partial charge in [-0.1, -0.05) is 0 Å². The van der Waals surface area contributed by atoms with Crippen molar-refractivity contribution in [2.75, 3.05) is 81.0 Å². The number of pyridine rings is 1. The Balaban J connectivity index is 0.00000468. The van der Waals surface area contributed by atoms with E-state index >= 15 is 4.39 Å². The zero-order valence-electron chi connectivity index (χ0n) is 29.4. The molecule has 0 spiro atoms. The summed E-state index contributed by atoms with van der Waals surface area (Å²) in [6, 6.07) is 13.5. The van der Waals surface area contributed by atoms with Gasteiger partial charge in [0.2, 0.25) is 11.2 Å². The van der Waals surface area contributed by atoms with Gasteiger partial charge >= 0.3 is 5.63 Å². The first-order valence-electron chi connectivity index (χ1n) is 18.0. The number of halogens is 2. The molecule has 2 N–H and O–H groups in total. The molecule has 264 valence electrons. The van der Waals surface area contributed by atoms with Crippen molar-refractivity contribution in [3.8, 4) is 0 Å². The summed E-state index contributed by atoms with van der Waals surface area (Å²) in [5, 5.41) is 8.70. The van der Waals surface area contributed by atoms with Gasteiger partial charge in [-0.15, -0.1) is 0 Å². The number of aryl methyl sites for hydroxylation is 1. The van der Waals surface area contributed by atoms with Crippen LogP contribution in [0.4, 0.5) is 21.5 Å². The Bertz CT molecular complexity index is 1790. The SMILES string of the molecule is CCN(CC)c1ccc2cc(/C=C/c3cc(NCCCN4CCCC4)c4cc(F)c(NCCCN5CCCC5)cc4[n+]3C)c(=O)oc2c1.[I-]. The standard InChI is InChI=1S/C39H51FN6O2.HI/c1-4-46(5-2)32-15-12-29-24-30(39(47)48-38(29)26-32)13-14-31-25-35(41-16-10-22-44-18-6-7-19-44)33-27-34(40)36(28-37(33)43(31)3)42-17-11-23-45-20-8-9-21-45;/h12-15,24-28H,4-11,16-23H2,1-3H3,(H,41,42);1H/b14-13+;. The Hall–Kier alpha value is -3.22. The maximum absolute atomic E-state index is 15.5. The molecule has 0 bridgehead atoms. The smallest absolute Gasteiger partial charge is 0.343 e. The van der Waals surface area contributed by atoms with Crippen molar-refractivity contribution >= 4 is 51.1 Å². The highest BCUT2D eigenvalue weighted by atomic mass is 127. The Morgan fingerprint density at radius 2 is 1.49 bits per heavy atom. The van der Waals surface area contributed by atoms with Gasteiger partial charge in [0.05, 0.1) is 22.3 Å². The third-order valence-corrected chi connectivity index (χ3v) is 10.1. The van der Waals surface area contributed by atoms with Crippen LogP contribution in [0, 0.1) is 5.82 Å². The van der Waals surface area contributed by atoms with Gasteiger partial charge in [-0.25, -0.2) is 9.18 Å². The summed E-state index contributed by atoms with van der Waals surface area (Å²) in [5.74, 6) is -0.245. The zero-order valence-corrected chi connectivity index (χ0v) is 31.5. The molecule has 8 nitrogen and oxygen atoms in total. The Kier molecular flexibility index (Phi) is 13.3. The fourth-order valence-corrected chi connectivity index (χ4v) is 7.21. The van der Waals surface area contributed by atoms with E-state index in [1.54, 1.807) is 6.07 Å². The van der Waals surface area contributed by atoms with Crippen molar-refractivity contribution in [1.82, 2.24) is 9.80 Å². The van der Waals surface area contributed by atoms with Crippen LogP contribution in [-0.4, -0.2) is 75.2 Å². The summed E-state index contributed by atoms with van der Waals surface area (Å²) in [7, 11) is 1.99. The van der Waals surface area contributed by atoms with Gasteiger partial charge in [-0.05, 0) is 122 Å². The number of likely N-dealkylation sites (tertiary alicyclic amines) is 2. The third-order valence-electron chi connectivity index (χ3n) is 10.1. The van der Waals surface area contributed by atoms with Gasteiger partial charge in [-0.2, -0.15) is 4.57 Å². The van der Waals surface area contributed by atoms with Gasteiger partial charge in [-0.3, -0.25) is 0 Å². The van der Waals surface area contributed by atoms with Crippen LogP contribution in [0.1, 0.15) is 63.6 Å². The molecule has 2 aliphatic rings. The molecule has 49 heavy (non-hydrogen) atoms. The molecular formula is C39H52FIN6O2. The normalized spacial score (nSPS) is 15.4. The molecule has 0 atom stereocenters. The van der Waals surface area contributed by atoms with Crippen LogP contribution in [0.3, 0.4) is 0 Å². The lowest BCUT2D eigenvalue weighted by molar-refractivity contribution is -0.646. The monoisotopic (exact) mass is 782 g/mol. The van der Waals surface area contributed by atoms with Crippen LogP contribution in [-0.2, 0) is 7.05 Å². The minimum atomic E-state index is -0.373. The summed E-state index contributed by atoms with van der Waals surface area (Å²) in [4.78, 5) is 20.3. The molecule has 10 heteroatoms. The number of benzene rings is 2. The highest BCUT2D eigenvalue weighted by Crippen LogP contribution is 2.29. The van der Waals surface area contributed by atoms with E-state index in [0.717, 1.165) is 85.5 Å². The van der Waals surface area contributed by atoms with E-state index in [-0.39, 0.29) is 35.4 Å². The van der Waals surface area contributed by atoms with E-state index in [0.29, 0.717) is 16.8 Å². The van der Waals surface area contributed by atoms with Crippen LogP contribution < -0.4 is 49.7 Å². The molecule has 2 saturated heterocycles. The maximum Gasteiger partial charge on any atom is 0.343 e. The maximum atomic E-state index is 15.5. The van der Waals surface area contributed by atoms with E-state index < -0.39 is 0 Å². The average molecular weight is 783 g/mol. The van der Waals surface area contributed by atoms with Gasteiger partial charge in [0.15, 0.2) is 0 Å². The van der Waals surface area contributed by atoms with Gasteiger partial charge in [0.25, 0.3) is 0 Å². The minimum Gasteiger partial charge on any atom is -1.00 e. The topological polar surface area (TPSA) is 67.9 Å². The first-order valence-corrected chi connectivity index (χ1v) is 18.0. The second kappa shape index (κ2) is 17.6. The summed E-state index contributed by atoms with van der Waals surface area (Å²) in [6.07, 6.45) is 10.9. The van der Waals surface area contributed by atoms with Crippen molar-refractivity contribution < 1.29 is 37.4 Å². The highest BCUT2D eigenvalue weighted by molar-refractivity contribution is 5.92. The number of nitrogens with zero attached hydrogens (tertiary/aromatic N) is 4. The van der Waals surface area contributed by atoms with Gasteiger partial charge in [0.1, 0.15) is 18.4 Å². The predicted octanol–water partition coefficient (Wildman–Crippen LogP) is 3.73. The summed E-state index contributed by atoms with van der Waals surface area (Å²) >= 11 is 0.